The van der Waals surface area contributed by atoms with Gasteiger partial charge in [-0.3, -0.25) is 4.79 Å². The van der Waals surface area contributed by atoms with Crippen LogP contribution in [0.4, 0.5) is 11.4 Å². The summed E-state index contributed by atoms with van der Waals surface area (Å²) in [4.78, 5) is 16.0. The monoisotopic (exact) mass is 309 g/mol. The molecule has 1 amide bonds. The number of carbonyl (C=O) groups is 1. The smallest absolute Gasteiger partial charge is 0.257 e. The number of fused-ring (bicyclic) bond motifs is 1. The highest BCUT2D eigenvalue weighted by atomic mass is 35.5. The molecule has 0 spiro atoms. The van der Waals surface area contributed by atoms with Crippen LogP contribution in [-0.2, 0) is 4.79 Å². The fraction of sp³-hybridized carbons (Fsp3) is 0.533. The number of nitrogens with zero attached hydrogens (tertiary/aromatic N) is 2. The number of hydrogen-bond donors (Lipinski definition) is 2. The van der Waals surface area contributed by atoms with E-state index >= 15 is 0 Å². The molecule has 2 N–H and O–H groups in total. The van der Waals surface area contributed by atoms with Gasteiger partial charge in [-0.2, -0.15) is 0 Å². The topological polar surface area (TPSA) is 55.8 Å². The highest BCUT2D eigenvalue weighted by Crippen LogP contribution is 2.39. The number of rotatable bonds is 2. The number of anilines is 2. The van der Waals surface area contributed by atoms with Crippen molar-refractivity contribution in [2.45, 2.75) is 25.0 Å². The van der Waals surface area contributed by atoms with Gasteiger partial charge in [0.1, 0.15) is 0 Å². The van der Waals surface area contributed by atoms with E-state index < -0.39 is 12.0 Å². The molecule has 1 aromatic rings. The number of benzene rings is 1. The van der Waals surface area contributed by atoms with Gasteiger partial charge in [0.2, 0.25) is 0 Å². The summed E-state index contributed by atoms with van der Waals surface area (Å²) in [6, 6.07) is 3.96. The van der Waals surface area contributed by atoms with Gasteiger partial charge in [0.15, 0.2) is 6.10 Å². The minimum absolute atomic E-state index is 0.390. The molecule has 1 fully saturated rings. The van der Waals surface area contributed by atoms with E-state index in [1.165, 1.54) is 6.42 Å². The lowest BCUT2D eigenvalue weighted by molar-refractivity contribution is -0.123. The number of piperidine rings is 1. The number of likely N-dealkylation sites (tertiary alicyclic amines) is 1. The molecule has 0 aliphatic carbocycles. The van der Waals surface area contributed by atoms with Gasteiger partial charge < -0.3 is 20.2 Å². The third kappa shape index (κ3) is 2.61. The van der Waals surface area contributed by atoms with E-state index in [9.17, 15) is 9.90 Å². The summed E-state index contributed by atoms with van der Waals surface area (Å²) < 4.78 is 0. The molecule has 2 unspecified atom stereocenters. The zero-order valence-electron chi connectivity index (χ0n) is 12.3. The van der Waals surface area contributed by atoms with Crippen LogP contribution < -0.4 is 10.2 Å². The van der Waals surface area contributed by atoms with Gasteiger partial charge in [-0.25, -0.2) is 0 Å². The molecule has 1 saturated heterocycles. The Morgan fingerprint density at radius 2 is 2.24 bits per heavy atom. The van der Waals surface area contributed by atoms with Crippen molar-refractivity contribution in [3.63, 3.8) is 0 Å². The molecule has 6 heteroatoms. The van der Waals surface area contributed by atoms with E-state index in [1.807, 2.05) is 13.1 Å². The fourth-order valence-electron chi connectivity index (χ4n) is 3.18. The number of hydrogen-bond acceptors (Lipinski definition) is 4. The molecule has 0 radical (unpaired) electrons. The molecule has 2 atom stereocenters. The van der Waals surface area contributed by atoms with Gasteiger partial charge in [-0.05, 0) is 38.6 Å². The SMILES string of the molecule is CN1CCCC(N(C)c2cc3c(cc2Cl)C(O)C(=O)N3)C1. The van der Waals surface area contributed by atoms with Gasteiger partial charge in [-0.1, -0.05) is 11.6 Å². The Balaban J connectivity index is 1.89. The second kappa shape index (κ2) is 5.48. The molecule has 0 saturated carbocycles. The Kier molecular flexibility index (Phi) is 3.82. The first-order valence-electron chi connectivity index (χ1n) is 7.21. The lowest BCUT2D eigenvalue weighted by atomic mass is 10.0. The summed E-state index contributed by atoms with van der Waals surface area (Å²) in [6.45, 7) is 2.13. The first-order chi connectivity index (χ1) is 9.97. The molecular formula is C15H20ClN3O2. The normalized spacial score (nSPS) is 25.6. The Hall–Kier alpha value is -1.30. The van der Waals surface area contributed by atoms with Gasteiger partial charge in [0.05, 0.1) is 10.7 Å². The Labute approximate surface area is 129 Å². The molecule has 2 aliphatic heterocycles. The summed E-state index contributed by atoms with van der Waals surface area (Å²) in [7, 11) is 4.16. The Morgan fingerprint density at radius 1 is 1.48 bits per heavy atom. The highest BCUT2D eigenvalue weighted by molar-refractivity contribution is 6.33. The van der Waals surface area contributed by atoms with Crippen molar-refractivity contribution < 1.29 is 9.90 Å². The third-order valence-corrected chi connectivity index (χ3v) is 4.75. The van der Waals surface area contributed by atoms with Crippen LogP contribution in [0, 0.1) is 0 Å². The van der Waals surface area contributed by atoms with Crippen LogP contribution in [0.5, 0.6) is 0 Å². The van der Waals surface area contributed by atoms with E-state index in [4.69, 9.17) is 11.6 Å². The van der Waals surface area contributed by atoms with Crippen molar-refractivity contribution in [1.29, 1.82) is 0 Å². The second-order valence-corrected chi connectivity index (χ2v) is 6.36. The van der Waals surface area contributed by atoms with Gasteiger partial charge in [0, 0.05) is 30.9 Å². The standard InChI is InChI=1S/C15H20ClN3O2/c1-18-5-3-4-9(8-18)19(2)13-7-12-10(6-11(13)16)14(20)15(21)17-12/h6-7,9,14,20H,3-5,8H2,1-2H3,(H,17,21). The van der Waals surface area contributed by atoms with Crippen LogP contribution >= 0.6 is 11.6 Å². The first-order valence-corrected chi connectivity index (χ1v) is 7.59. The zero-order chi connectivity index (χ0) is 15.1. The maximum atomic E-state index is 11.5. The van der Waals surface area contributed by atoms with E-state index in [2.05, 4.69) is 22.2 Å². The number of carbonyl (C=O) groups excluding carboxylic acids is 1. The summed E-state index contributed by atoms with van der Waals surface area (Å²) >= 11 is 6.37. The average molecular weight is 310 g/mol. The lowest BCUT2D eigenvalue weighted by Gasteiger charge is -2.37. The van der Waals surface area contributed by atoms with E-state index in [0.717, 1.165) is 25.2 Å². The van der Waals surface area contributed by atoms with Crippen molar-refractivity contribution >= 4 is 28.9 Å². The van der Waals surface area contributed by atoms with Crippen molar-refractivity contribution in [2.24, 2.45) is 0 Å². The summed E-state index contributed by atoms with van der Waals surface area (Å²) in [5.41, 5.74) is 2.11. The predicted molar refractivity (Wildman–Crippen MR) is 84.0 cm³/mol. The minimum atomic E-state index is -1.11. The fourth-order valence-corrected chi connectivity index (χ4v) is 3.48. The van der Waals surface area contributed by atoms with Crippen LogP contribution in [0.2, 0.25) is 5.02 Å². The number of amides is 1. The number of likely N-dealkylation sites (N-methyl/N-ethyl adjacent to an activating group) is 2. The highest BCUT2D eigenvalue weighted by Gasteiger charge is 2.31. The van der Waals surface area contributed by atoms with Crippen molar-refractivity contribution in [2.75, 3.05) is 37.4 Å². The first kappa shape index (κ1) is 14.6. The van der Waals surface area contributed by atoms with Crippen LogP contribution in [0.1, 0.15) is 24.5 Å². The molecule has 114 valence electrons. The number of aliphatic hydroxyl groups excluding tert-OH is 1. The lowest BCUT2D eigenvalue weighted by Crippen LogP contribution is -2.45. The Morgan fingerprint density at radius 3 is 2.95 bits per heavy atom. The Bertz CT molecular complexity index is 578. The third-order valence-electron chi connectivity index (χ3n) is 4.45. The molecule has 2 aliphatic rings. The van der Waals surface area contributed by atoms with E-state index in [0.29, 0.717) is 22.3 Å². The number of halogens is 1. The summed E-state index contributed by atoms with van der Waals surface area (Å²) in [5.74, 6) is -0.390. The number of aliphatic hydroxyl groups is 1. The number of nitrogens with one attached hydrogen (secondary N) is 1. The van der Waals surface area contributed by atoms with Crippen LogP contribution in [0.15, 0.2) is 12.1 Å². The molecule has 21 heavy (non-hydrogen) atoms. The molecule has 2 heterocycles. The van der Waals surface area contributed by atoms with Gasteiger partial charge in [-0.15, -0.1) is 0 Å². The van der Waals surface area contributed by atoms with Gasteiger partial charge >= 0.3 is 0 Å². The molecule has 5 nitrogen and oxygen atoms in total. The maximum absolute atomic E-state index is 11.5. The molecule has 0 bridgehead atoms. The molecule has 1 aromatic carbocycles. The second-order valence-electron chi connectivity index (χ2n) is 5.95. The van der Waals surface area contributed by atoms with Crippen LogP contribution in [-0.4, -0.2) is 49.1 Å². The maximum Gasteiger partial charge on any atom is 0.257 e. The van der Waals surface area contributed by atoms with Crippen molar-refractivity contribution in [3.05, 3.63) is 22.7 Å². The average Bonchev–Trinajstić information content (AvgIpc) is 2.73. The van der Waals surface area contributed by atoms with Crippen LogP contribution in [0.25, 0.3) is 0 Å². The van der Waals surface area contributed by atoms with Gasteiger partial charge in [0.25, 0.3) is 5.91 Å². The van der Waals surface area contributed by atoms with Crippen molar-refractivity contribution in [3.8, 4) is 0 Å². The van der Waals surface area contributed by atoms with Crippen LogP contribution in [0.3, 0.4) is 0 Å². The minimum Gasteiger partial charge on any atom is -0.378 e. The quantitative estimate of drug-likeness (QED) is 0.875. The van der Waals surface area contributed by atoms with E-state index in [-0.39, 0.29) is 0 Å². The predicted octanol–water partition coefficient (Wildman–Crippen LogP) is 1.86. The van der Waals surface area contributed by atoms with Crippen molar-refractivity contribution in [1.82, 2.24) is 4.90 Å². The largest absolute Gasteiger partial charge is 0.378 e. The zero-order valence-corrected chi connectivity index (χ0v) is 13.0. The summed E-state index contributed by atoms with van der Waals surface area (Å²) in [5, 5.41) is 13.1. The molecule has 3 rings (SSSR count). The molecular weight excluding hydrogens is 290 g/mol. The summed E-state index contributed by atoms with van der Waals surface area (Å²) in [6.07, 6.45) is 1.19. The molecule has 0 aromatic heterocycles. The van der Waals surface area contributed by atoms with E-state index in [1.54, 1.807) is 6.07 Å².